The van der Waals surface area contributed by atoms with Crippen molar-refractivity contribution in [2.75, 3.05) is 12.4 Å². The normalized spacial score (nSPS) is 13.1. The minimum absolute atomic E-state index is 0.0268. The molecule has 1 N–H and O–H groups in total. The molecule has 1 unspecified atom stereocenters. The smallest absolute Gasteiger partial charge is 0.318 e. The van der Waals surface area contributed by atoms with Gasteiger partial charge in [0, 0.05) is 19.3 Å². The molecule has 3 rings (SSSR count). The van der Waals surface area contributed by atoms with Crippen LogP contribution < -0.4 is 10.9 Å². The highest BCUT2D eigenvalue weighted by Crippen LogP contribution is 2.37. The first-order valence-corrected chi connectivity index (χ1v) is 10.1. The quantitative estimate of drug-likeness (QED) is 0.483. The monoisotopic (exact) mass is 486 g/mol. The lowest BCUT2D eigenvalue weighted by molar-refractivity contribution is -0.143. The Balaban J connectivity index is 1.96. The van der Waals surface area contributed by atoms with E-state index in [0.29, 0.717) is 23.0 Å². The van der Waals surface area contributed by atoms with Crippen molar-refractivity contribution in [2.45, 2.75) is 38.8 Å². The van der Waals surface area contributed by atoms with Crippen LogP contribution in [0.25, 0.3) is 10.9 Å². The van der Waals surface area contributed by atoms with Gasteiger partial charge in [0.2, 0.25) is 0 Å². The van der Waals surface area contributed by atoms with E-state index >= 15 is 0 Å². The molecule has 12 heteroatoms. The summed E-state index contributed by atoms with van der Waals surface area (Å²) < 4.78 is 79.9. The van der Waals surface area contributed by atoms with Crippen molar-refractivity contribution in [1.82, 2.24) is 14.5 Å². The molecular formula is C22H20F6N4O2. The maximum Gasteiger partial charge on any atom is 0.416 e. The highest BCUT2D eigenvalue weighted by atomic mass is 19.4. The number of hydrogen-bond acceptors (Lipinski definition) is 3. The molecule has 0 aliphatic carbocycles. The predicted molar refractivity (Wildman–Crippen MR) is 113 cm³/mol. The zero-order chi connectivity index (χ0) is 25.4. The lowest BCUT2D eigenvalue weighted by atomic mass is 10.1. The van der Waals surface area contributed by atoms with Crippen molar-refractivity contribution in [3.8, 4) is 0 Å². The summed E-state index contributed by atoms with van der Waals surface area (Å²) in [6.45, 7) is 3.47. The zero-order valence-corrected chi connectivity index (χ0v) is 18.3. The SMILES string of the molecule is CCn1c(C(C)N(C)C(=O)Nc2cc(C(F)(F)F)cc(C(F)(F)F)c2)nc2ccccc2c1=O. The number of fused-ring (bicyclic) bond motifs is 1. The van der Waals surface area contributed by atoms with Crippen LogP contribution in [-0.2, 0) is 18.9 Å². The van der Waals surface area contributed by atoms with Gasteiger partial charge in [0.25, 0.3) is 5.56 Å². The van der Waals surface area contributed by atoms with Crippen LogP contribution in [0.2, 0.25) is 0 Å². The summed E-state index contributed by atoms with van der Waals surface area (Å²) in [6.07, 6.45) is -10.1. The van der Waals surface area contributed by atoms with Gasteiger partial charge < -0.3 is 10.2 Å². The Kier molecular flexibility index (Phi) is 6.63. The average molecular weight is 486 g/mol. The minimum Gasteiger partial charge on any atom is -0.318 e. The van der Waals surface area contributed by atoms with E-state index in [2.05, 4.69) is 10.3 Å². The molecule has 1 aromatic heterocycles. The van der Waals surface area contributed by atoms with E-state index in [4.69, 9.17) is 0 Å². The Morgan fingerprint density at radius 3 is 2.15 bits per heavy atom. The first kappa shape index (κ1) is 25.1. The molecule has 0 spiro atoms. The number of carbonyl (C=O) groups is 1. The van der Waals surface area contributed by atoms with Gasteiger partial charge in [-0.1, -0.05) is 12.1 Å². The van der Waals surface area contributed by atoms with Crippen molar-refractivity contribution >= 4 is 22.6 Å². The van der Waals surface area contributed by atoms with E-state index in [-0.39, 0.29) is 24.0 Å². The second-order valence-corrected chi connectivity index (χ2v) is 7.55. The molecule has 2 amide bonds. The fraction of sp³-hybridized carbons (Fsp3) is 0.318. The fourth-order valence-corrected chi connectivity index (χ4v) is 3.40. The molecule has 1 atom stereocenters. The van der Waals surface area contributed by atoms with Gasteiger partial charge in [0.05, 0.1) is 28.1 Å². The highest BCUT2D eigenvalue weighted by Gasteiger charge is 2.37. The van der Waals surface area contributed by atoms with Gasteiger partial charge in [-0.15, -0.1) is 0 Å². The number of hydrogen-bond donors (Lipinski definition) is 1. The Bertz CT molecular complexity index is 1250. The molecule has 182 valence electrons. The Morgan fingerprint density at radius 2 is 1.62 bits per heavy atom. The number of carbonyl (C=O) groups excluding carboxylic acids is 1. The number of anilines is 1. The molecule has 1 heterocycles. The van der Waals surface area contributed by atoms with Gasteiger partial charge in [-0.3, -0.25) is 9.36 Å². The van der Waals surface area contributed by atoms with Crippen LogP contribution in [0, 0.1) is 0 Å². The van der Waals surface area contributed by atoms with Gasteiger partial charge in [0.1, 0.15) is 5.82 Å². The minimum atomic E-state index is -5.05. The highest BCUT2D eigenvalue weighted by molar-refractivity contribution is 5.89. The number of alkyl halides is 6. The first-order chi connectivity index (χ1) is 15.7. The summed E-state index contributed by atoms with van der Waals surface area (Å²) >= 11 is 0. The van der Waals surface area contributed by atoms with Gasteiger partial charge in [-0.25, -0.2) is 9.78 Å². The number of aromatic nitrogens is 2. The third kappa shape index (κ3) is 5.00. The summed E-state index contributed by atoms with van der Waals surface area (Å²) in [5.74, 6) is 0.212. The van der Waals surface area contributed by atoms with Gasteiger partial charge in [-0.2, -0.15) is 26.3 Å². The molecule has 6 nitrogen and oxygen atoms in total. The van der Waals surface area contributed by atoms with Gasteiger partial charge in [0.15, 0.2) is 0 Å². The van der Waals surface area contributed by atoms with E-state index in [9.17, 15) is 35.9 Å². The zero-order valence-electron chi connectivity index (χ0n) is 18.3. The third-order valence-corrected chi connectivity index (χ3v) is 5.32. The van der Waals surface area contributed by atoms with Crippen molar-refractivity contribution in [3.63, 3.8) is 0 Å². The van der Waals surface area contributed by atoms with Crippen LogP contribution >= 0.6 is 0 Å². The molecule has 0 saturated heterocycles. The molecule has 0 bridgehead atoms. The first-order valence-electron chi connectivity index (χ1n) is 10.1. The van der Waals surface area contributed by atoms with Crippen LogP contribution in [0.3, 0.4) is 0 Å². The molecule has 34 heavy (non-hydrogen) atoms. The van der Waals surface area contributed by atoms with Crippen LogP contribution in [-0.4, -0.2) is 27.5 Å². The molecule has 0 saturated carbocycles. The third-order valence-electron chi connectivity index (χ3n) is 5.32. The predicted octanol–water partition coefficient (Wildman–Crippen LogP) is 5.68. The molecule has 0 aliphatic heterocycles. The Hall–Kier alpha value is -3.57. The summed E-state index contributed by atoms with van der Waals surface area (Å²) in [5.41, 5.74) is -3.73. The number of nitrogens with one attached hydrogen (secondary N) is 1. The maximum atomic E-state index is 13.1. The molecule has 0 aliphatic rings. The van der Waals surface area contributed by atoms with Crippen LogP contribution in [0.1, 0.15) is 36.8 Å². The summed E-state index contributed by atoms with van der Waals surface area (Å²) in [6, 6.07) is 5.57. The fourth-order valence-electron chi connectivity index (χ4n) is 3.40. The van der Waals surface area contributed by atoms with Crippen molar-refractivity contribution in [3.05, 3.63) is 69.8 Å². The van der Waals surface area contributed by atoms with E-state index in [0.717, 1.165) is 4.90 Å². The van der Waals surface area contributed by atoms with Gasteiger partial charge >= 0.3 is 18.4 Å². The molecular weight excluding hydrogens is 466 g/mol. The lowest BCUT2D eigenvalue weighted by Gasteiger charge is -2.27. The van der Waals surface area contributed by atoms with Crippen LogP contribution in [0.4, 0.5) is 36.8 Å². The Morgan fingerprint density at radius 1 is 1.06 bits per heavy atom. The number of urea groups is 1. The maximum absolute atomic E-state index is 13.1. The largest absolute Gasteiger partial charge is 0.416 e. The summed E-state index contributed by atoms with van der Waals surface area (Å²) in [4.78, 5) is 31.0. The van der Waals surface area contributed by atoms with E-state index < -0.39 is 41.2 Å². The number of halogens is 6. The second kappa shape index (κ2) is 8.99. The number of benzene rings is 2. The van der Waals surface area contributed by atoms with Crippen molar-refractivity contribution in [2.24, 2.45) is 0 Å². The number of amides is 2. The van der Waals surface area contributed by atoms with E-state index in [1.165, 1.54) is 18.5 Å². The topological polar surface area (TPSA) is 67.2 Å². The van der Waals surface area contributed by atoms with Crippen LogP contribution in [0.15, 0.2) is 47.3 Å². The van der Waals surface area contributed by atoms with E-state index in [1.807, 2.05) is 0 Å². The standard InChI is InChI=1S/C22H20F6N4O2/c1-4-32-18(30-17-8-6-5-7-16(17)19(32)33)12(2)31(3)20(34)29-15-10-13(21(23,24)25)9-14(11-15)22(26,27)28/h5-12H,4H2,1-3H3,(H,29,34). The molecule has 0 fully saturated rings. The lowest BCUT2D eigenvalue weighted by Crippen LogP contribution is -2.37. The van der Waals surface area contributed by atoms with E-state index in [1.54, 1.807) is 31.2 Å². The Labute approximate surface area is 189 Å². The summed E-state index contributed by atoms with van der Waals surface area (Å²) in [7, 11) is 1.29. The average Bonchev–Trinajstić information content (AvgIpc) is 2.76. The second-order valence-electron chi connectivity index (χ2n) is 7.55. The van der Waals surface area contributed by atoms with Crippen LogP contribution in [0.5, 0.6) is 0 Å². The molecule has 0 radical (unpaired) electrons. The number of nitrogens with zero attached hydrogens (tertiary/aromatic N) is 3. The molecule has 2 aromatic carbocycles. The van der Waals surface area contributed by atoms with Crippen molar-refractivity contribution < 1.29 is 31.1 Å². The molecule has 3 aromatic rings. The number of rotatable bonds is 4. The number of para-hydroxylation sites is 1. The van der Waals surface area contributed by atoms with Gasteiger partial charge in [-0.05, 0) is 44.2 Å². The summed E-state index contributed by atoms with van der Waals surface area (Å²) in [5, 5.41) is 2.45. The van der Waals surface area contributed by atoms with Crippen molar-refractivity contribution in [1.29, 1.82) is 0 Å².